The van der Waals surface area contributed by atoms with Crippen LogP contribution < -0.4 is 5.73 Å². The molecule has 68 valence electrons. The zero-order chi connectivity index (χ0) is 9.84. The fourth-order valence-corrected chi connectivity index (χ4v) is 0.881. The number of rotatable bonds is 1. The summed E-state index contributed by atoms with van der Waals surface area (Å²) in [5.41, 5.74) is 6.40. The molecule has 0 aromatic carbocycles. The second-order valence-corrected chi connectivity index (χ2v) is 2.64. The standard InChI is InChI=1S/C9H10N2O2/c1-6-8(7(2)13-11-6)4-3-5-9(10)12/h5H2,1-2H3,(H2,10,12). The van der Waals surface area contributed by atoms with Crippen molar-refractivity contribution in [1.29, 1.82) is 0 Å². The van der Waals surface area contributed by atoms with Gasteiger partial charge >= 0.3 is 0 Å². The highest BCUT2D eigenvalue weighted by molar-refractivity contribution is 5.76. The minimum atomic E-state index is -0.431. The van der Waals surface area contributed by atoms with Gasteiger partial charge in [-0.25, -0.2) is 0 Å². The number of aryl methyl sites for hydroxylation is 2. The summed E-state index contributed by atoms with van der Waals surface area (Å²) in [6.07, 6.45) is 0.0596. The van der Waals surface area contributed by atoms with Crippen LogP contribution in [0.1, 0.15) is 23.4 Å². The Hall–Kier alpha value is -1.76. The van der Waals surface area contributed by atoms with Crippen LogP contribution >= 0.6 is 0 Å². The van der Waals surface area contributed by atoms with E-state index in [1.54, 1.807) is 13.8 Å². The number of amides is 1. The average Bonchev–Trinajstić information content (AvgIpc) is 2.34. The monoisotopic (exact) mass is 178 g/mol. The van der Waals surface area contributed by atoms with E-state index in [0.717, 1.165) is 11.3 Å². The first-order valence-corrected chi connectivity index (χ1v) is 3.81. The van der Waals surface area contributed by atoms with Gasteiger partial charge in [0.15, 0.2) is 0 Å². The predicted molar refractivity (Wildman–Crippen MR) is 46.7 cm³/mol. The molecule has 1 amide bonds. The van der Waals surface area contributed by atoms with E-state index in [4.69, 9.17) is 10.3 Å². The summed E-state index contributed by atoms with van der Waals surface area (Å²) in [6.45, 7) is 3.57. The fraction of sp³-hybridized carbons (Fsp3) is 0.333. The summed E-state index contributed by atoms with van der Waals surface area (Å²) in [6, 6.07) is 0. The third-order valence-electron chi connectivity index (χ3n) is 1.51. The summed E-state index contributed by atoms with van der Waals surface area (Å²) in [5.74, 6) is 5.66. The third-order valence-corrected chi connectivity index (χ3v) is 1.51. The van der Waals surface area contributed by atoms with E-state index in [0.29, 0.717) is 5.76 Å². The number of hydrogen-bond donors (Lipinski definition) is 1. The van der Waals surface area contributed by atoms with Crippen molar-refractivity contribution in [3.8, 4) is 11.8 Å². The summed E-state index contributed by atoms with van der Waals surface area (Å²) < 4.78 is 4.88. The van der Waals surface area contributed by atoms with Crippen molar-refractivity contribution in [2.45, 2.75) is 20.3 Å². The van der Waals surface area contributed by atoms with Gasteiger partial charge in [0.1, 0.15) is 5.76 Å². The Bertz CT molecular complexity index is 363. The first-order valence-electron chi connectivity index (χ1n) is 3.81. The van der Waals surface area contributed by atoms with Gasteiger partial charge < -0.3 is 10.3 Å². The van der Waals surface area contributed by atoms with Gasteiger partial charge in [0.2, 0.25) is 5.91 Å². The first kappa shape index (κ1) is 9.33. The molecule has 0 unspecified atom stereocenters. The normalized spacial score (nSPS) is 9.08. The number of carbonyl (C=O) groups excluding carboxylic acids is 1. The molecule has 0 atom stereocenters. The van der Waals surface area contributed by atoms with Crippen LogP contribution in [0.5, 0.6) is 0 Å². The molecule has 13 heavy (non-hydrogen) atoms. The van der Waals surface area contributed by atoms with Crippen molar-refractivity contribution in [1.82, 2.24) is 5.16 Å². The number of primary amides is 1. The maximum Gasteiger partial charge on any atom is 0.229 e. The van der Waals surface area contributed by atoms with E-state index in [2.05, 4.69) is 17.0 Å². The minimum absolute atomic E-state index is 0.0596. The van der Waals surface area contributed by atoms with Crippen LogP contribution in [0.25, 0.3) is 0 Å². The highest BCUT2D eigenvalue weighted by Gasteiger charge is 2.04. The molecule has 2 N–H and O–H groups in total. The van der Waals surface area contributed by atoms with Crippen molar-refractivity contribution in [3.63, 3.8) is 0 Å². The van der Waals surface area contributed by atoms with Gasteiger partial charge in [-0.2, -0.15) is 0 Å². The maximum absolute atomic E-state index is 10.4. The molecule has 1 aromatic heterocycles. The van der Waals surface area contributed by atoms with Gasteiger partial charge in [-0.05, 0) is 13.8 Å². The molecule has 1 aromatic rings. The zero-order valence-corrected chi connectivity index (χ0v) is 7.55. The van der Waals surface area contributed by atoms with Gasteiger partial charge in [-0.3, -0.25) is 4.79 Å². The third kappa shape index (κ3) is 2.34. The van der Waals surface area contributed by atoms with E-state index < -0.39 is 5.91 Å². The van der Waals surface area contributed by atoms with E-state index >= 15 is 0 Å². The highest BCUT2D eigenvalue weighted by Crippen LogP contribution is 2.09. The van der Waals surface area contributed by atoms with E-state index in [1.165, 1.54) is 0 Å². The van der Waals surface area contributed by atoms with Crippen LogP contribution in [-0.2, 0) is 4.79 Å². The van der Waals surface area contributed by atoms with Crippen molar-refractivity contribution >= 4 is 5.91 Å². The molecule has 0 aliphatic rings. The topological polar surface area (TPSA) is 69.1 Å². The largest absolute Gasteiger partial charge is 0.369 e. The van der Waals surface area contributed by atoms with Gasteiger partial charge in [0.25, 0.3) is 0 Å². The highest BCUT2D eigenvalue weighted by atomic mass is 16.5. The summed E-state index contributed by atoms with van der Waals surface area (Å²) in [7, 11) is 0. The van der Waals surface area contributed by atoms with Crippen molar-refractivity contribution in [2.24, 2.45) is 5.73 Å². The Balaban J connectivity index is 2.82. The van der Waals surface area contributed by atoms with Gasteiger partial charge in [-0.15, -0.1) is 0 Å². The van der Waals surface area contributed by atoms with Crippen molar-refractivity contribution < 1.29 is 9.32 Å². The SMILES string of the molecule is Cc1noc(C)c1C#CCC(N)=O. The zero-order valence-electron chi connectivity index (χ0n) is 7.55. The van der Waals surface area contributed by atoms with Crippen LogP contribution in [0.2, 0.25) is 0 Å². The first-order chi connectivity index (χ1) is 6.11. The van der Waals surface area contributed by atoms with E-state index in [9.17, 15) is 4.79 Å². The summed E-state index contributed by atoms with van der Waals surface area (Å²) in [4.78, 5) is 10.4. The molecular formula is C9H10N2O2. The predicted octanol–water partition coefficient (Wildman–Crippen LogP) is 0.518. The maximum atomic E-state index is 10.4. The molecule has 0 fully saturated rings. The van der Waals surface area contributed by atoms with Gasteiger partial charge in [0.05, 0.1) is 17.7 Å². The molecule has 4 nitrogen and oxygen atoms in total. The second kappa shape index (κ2) is 3.76. The Morgan fingerprint density at radius 2 is 2.31 bits per heavy atom. The minimum Gasteiger partial charge on any atom is -0.369 e. The van der Waals surface area contributed by atoms with Gasteiger partial charge in [-0.1, -0.05) is 17.0 Å². The van der Waals surface area contributed by atoms with Crippen LogP contribution in [0.3, 0.4) is 0 Å². The number of nitrogens with zero attached hydrogens (tertiary/aromatic N) is 1. The van der Waals surface area contributed by atoms with Crippen molar-refractivity contribution in [2.75, 3.05) is 0 Å². The number of aromatic nitrogens is 1. The molecule has 1 rings (SSSR count). The molecule has 0 saturated carbocycles. The number of hydrogen-bond acceptors (Lipinski definition) is 3. The molecule has 1 heterocycles. The quantitative estimate of drug-likeness (QED) is 0.637. The molecule has 0 aliphatic heterocycles. The van der Waals surface area contributed by atoms with E-state index in [-0.39, 0.29) is 6.42 Å². The number of carbonyl (C=O) groups is 1. The smallest absolute Gasteiger partial charge is 0.229 e. The summed E-state index contributed by atoms with van der Waals surface area (Å²) >= 11 is 0. The Morgan fingerprint density at radius 3 is 2.77 bits per heavy atom. The van der Waals surface area contributed by atoms with E-state index in [1.807, 2.05) is 0 Å². The van der Waals surface area contributed by atoms with Crippen molar-refractivity contribution in [3.05, 3.63) is 17.0 Å². The lowest BCUT2D eigenvalue weighted by Gasteiger charge is -1.84. The van der Waals surface area contributed by atoms with Crippen LogP contribution in [-0.4, -0.2) is 11.1 Å². The lowest BCUT2D eigenvalue weighted by molar-refractivity contribution is -0.117. The van der Waals surface area contributed by atoms with Crippen LogP contribution in [0.4, 0.5) is 0 Å². The Kier molecular flexibility index (Phi) is 2.70. The lowest BCUT2D eigenvalue weighted by Crippen LogP contribution is -2.08. The molecule has 0 saturated heterocycles. The molecule has 0 spiro atoms. The van der Waals surface area contributed by atoms with Crippen LogP contribution in [0, 0.1) is 25.7 Å². The lowest BCUT2D eigenvalue weighted by atomic mass is 10.2. The Morgan fingerprint density at radius 1 is 1.62 bits per heavy atom. The molecule has 4 heteroatoms. The fourth-order valence-electron chi connectivity index (χ4n) is 0.881. The van der Waals surface area contributed by atoms with Crippen LogP contribution in [0.15, 0.2) is 4.52 Å². The average molecular weight is 178 g/mol. The number of nitrogens with two attached hydrogens (primary N) is 1. The summed E-state index contributed by atoms with van der Waals surface area (Å²) in [5, 5.41) is 3.72. The second-order valence-electron chi connectivity index (χ2n) is 2.64. The Labute approximate surface area is 76.1 Å². The molecule has 0 aliphatic carbocycles. The van der Waals surface area contributed by atoms with Gasteiger partial charge in [0, 0.05) is 0 Å². The molecule has 0 radical (unpaired) electrons. The molecular weight excluding hydrogens is 168 g/mol. The molecule has 0 bridgehead atoms.